The lowest BCUT2D eigenvalue weighted by Gasteiger charge is -2.16. The van der Waals surface area contributed by atoms with Gasteiger partial charge in [-0.15, -0.1) is 0 Å². The molecule has 0 aliphatic carbocycles. The average molecular weight is 235 g/mol. The summed E-state index contributed by atoms with van der Waals surface area (Å²) in [6.07, 6.45) is 1.95. The van der Waals surface area contributed by atoms with Crippen molar-refractivity contribution in [2.75, 3.05) is 26.2 Å². The molecule has 0 amide bonds. The summed E-state index contributed by atoms with van der Waals surface area (Å²) in [5.74, 6) is 0. The summed E-state index contributed by atoms with van der Waals surface area (Å²) >= 11 is 0. The normalized spacial score (nSPS) is 18.9. The van der Waals surface area contributed by atoms with Crippen LogP contribution in [0.4, 0.5) is 0 Å². The van der Waals surface area contributed by atoms with Crippen LogP contribution in [0.25, 0.3) is 0 Å². The van der Waals surface area contributed by atoms with E-state index in [1.807, 2.05) is 13.8 Å². The van der Waals surface area contributed by atoms with Crippen LogP contribution in [0.1, 0.15) is 26.7 Å². The van der Waals surface area contributed by atoms with Crippen LogP contribution in [-0.2, 0) is 10.2 Å². The first-order valence-electron chi connectivity index (χ1n) is 5.50. The van der Waals surface area contributed by atoms with Crippen molar-refractivity contribution in [3.8, 4) is 0 Å². The van der Waals surface area contributed by atoms with Gasteiger partial charge in [0.1, 0.15) is 0 Å². The molecule has 5 nitrogen and oxygen atoms in total. The highest BCUT2D eigenvalue weighted by atomic mass is 32.2. The van der Waals surface area contributed by atoms with E-state index < -0.39 is 10.2 Å². The van der Waals surface area contributed by atoms with E-state index >= 15 is 0 Å². The first kappa shape index (κ1) is 12.9. The first-order chi connectivity index (χ1) is 7.02. The van der Waals surface area contributed by atoms with Gasteiger partial charge in [-0.25, -0.2) is 4.72 Å². The predicted molar refractivity (Wildman–Crippen MR) is 60.9 cm³/mol. The molecule has 0 radical (unpaired) electrons. The van der Waals surface area contributed by atoms with Gasteiger partial charge < -0.3 is 5.32 Å². The van der Waals surface area contributed by atoms with Crippen LogP contribution < -0.4 is 10.0 Å². The molecule has 6 heteroatoms. The zero-order valence-electron chi connectivity index (χ0n) is 9.49. The smallest absolute Gasteiger partial charge is 0.279 e. The van der Waals surface area contributed by atoms with Gasteiger partial charge in [0.2, 0.25) is 0 Å². The van der Waals surface area contributed by atoms with Crippen molar-refractivity contribution < 1.29 is 8.42 Å². The number of nitrogens with one attached hydrogen (secondary N) is 2. The van der Waals surface area contributed by atoms with Crippen LogP contribution in [-0.4, -0.2) is 44.9 Å². The molecular formula is C9H21N3O2S. The summed E-state index contributed by atoms with van der Waals surface area (Å²) in [4.78, 5) is 0. The van der Waals surface area contributed by atoms with Gasteiger partial charge in [-0.05, 0) is 12.8 Å². The highest BCUT2D eigenvalue weighted by Gasteiger charge is 2.24. The van der Waals surface area contributed by atoms with Crippen LogP contribution in [0, 0.1) is 0 Å². The summed E-state index contributed by atoms with van der Waals surface area (Å²) in [5, 5.41) is 3.16. The van der Waals surface area contributed by atoms with Crippen LogP contribution in [0.2, 0.25) is 0 Å². The molecular weight excluding hydrogens is 214 g/mol. The van der Waals surface area contributed by atoms with Crippen molar-refractivity contribution in [3.63, 3.8) is 0 Å². The minimum Gasteiger partial charge on any atom is -0.313 e. The number of nitrogens with zero attached hydrogens (tertiary/aromatic N) is 1. The zero-order valence-corrected chi connectivity index (χ0v) is 10.3. The summed E-state index contributed by atoms with van der Waals surface area (Å²) in [5.41, 5.74) is 0. The summed E-state index contributed by atoms with van der Waals surface area (Å²) in [7, 11) is -3.21. The second-order valence-corrected chi connectivity index (χ2v) is 5.87. The van der Waals surface area contributed by atoms with E-state index in [0.717, 1.165) is 12.8 Å². The quantitative estimate of drug-likeness (QED) is 0.633. The SMILES string of the molecule is CC(C)NCCNS(=O)(=O)N1CCCC1. The first-order valence-corrected chi connectivity index (χ1v) is 6.94. The Morgan fingerprint density at radius 1 is 1.20 bits per heavy atom. The third kappa shape index (κ3) is 4.46. The molecule has 90 valence electrons. The summed E-state index contributed by atoms with van der Waals surface area (Å²) in [6, 6.07) is 0.390. The molecule has 1 heterocycles. The Hall–Kier alpha value is -0.170. The highest BCUT2D eigenvalue weighted by Crippen LogP contribution is 2.10. The molecule has 1 saturated heterocycles. The predicted octanol–water partition coefficient (Wildman–Crippen LogP) is -0.0854. The Bertz CT molecular complexity index is 271. The molecule has 0 aromatic heterocycles. The van der Waals surface area contributed by atoms with Crippen molar-refractivity contribution in [1.82, 2.24) is 14.3 Å². The van der Waals surface area contributed by atoms with Crippen molar-refractivity contribution in [2.24, 2.45) is 0 Å². The van der Waals surface area contributed by atoms with Gasteiger partial charge in [0.05, 0.1) is 0 Å². The molecule has 1 rings (SSSR count). The largest absolute Gasteiger partial charge is 0.313 e. The lowest BCUT2D eigenvalue weighted by Crippen LogP contribution is -2.42. The highest BCUT2D eigenvalue weighted by molar-refractivity contribution is 7.87. The van der Waals surface area contributed by atoms with E-state index in [1.165, 1.54) is 4.31 Å². The Labute approximate surface area is 92.4 Å². The number of hydrogen-bond acceptors (Lipinski definition) is 3. The van der Waals surface area contributed by atoms with Gasteiger partial charge in [-0.2, -0.15) is 12.7 Å². The van der Waals surface area contributed by atoms with Crippen molar-refractivity contribution in [1.29, 1.82) is 0 Å². The second kappa shape index (κ2) is 5.79. The minimum absolute atomic E-state index is 0.390. The Kier molecular flexibility index (Phi) is 4.98. The average Bonchev–Trinajstić information content (AvgIpc) is 2.65. The Morgan fingerprint density at radius 2 is 1.80 bits per heavy atom. The maximum atomic E-state index is 11.7. The molecule has 0 atom stereocenters. The Morgan fingerprint density at radius 3 is 2.33 bits per heavy atom. The van der Waals surface area contributed by atoms with Crippen LogP contribution in [0.15, 0.2) is 0 Å². The standard InChI is InChI=1S/C9H21N3O2S/c1-9(2)10-5-6-11-15(13,14)12-7-3-4-8-12/h9-11H,3-8H2,1-2H3. The van der Waals surface area contributed by atoms with Crippen LogP contribution >= 0.6 is 0 Å². The van der Waals surface area contributed by atoms with Crippen LogP contribution in [0.5, 0.6) is 0 Å². The fourth-order valence-corrected chi connectivity index (χ4v) is 2.84. The van der Waals surface area contributed by atoms with E-state index in [1.54, 1.807) is 0 Å². The van der Waals surface area contributed by atoms with Gasteiger partial charge in [0, 0.05) is 32.2 Å². The lowest BCUT2D eigenvalue weighted by molar-refractivity contribution is 0.462. The molecule has 0 aromatic carbocycles. The molecule has 0 unspecified atom stereocenters. The fraction of sp³-hybridized carbons (Fsp3) is 1.00. The second-order valence-electron chi connectivity index (χ2n) is 4.11. The number of rotatable bonds is 6. The van der Waals surface area contributed by atoms with Gasteiger partial charge in [0.25, 0.3) is 10.2 Å². The zero-order chi connectivity index (χ0) is 11.3. The van der Waals surface area contributed by atoms with Gasteiger partial charge in [-0.1, -0.05) is 13.8 Å². The molecule has 1 aliphatic rings. The summed E-state index contributed by atoms with van der Waals surface area (Å²) in [6.45, 7) is 6.52. The van der Waals surface area contributed by atoms with E-state index in [2.05, 4.69) is 10.0 Å². The lowest BCUT2D eigenvalue weighted by atomic mass is 10.4. The molecule has 1 aliphatic heterocycles. The van der Waals surface area contributed by atoms with Gasteiger partial charge in [0.15, 0.2) is 0 Å². The molecule has 0 saturated carbocycles. The third-order valence-electron chi connectivity index (χ3n) is 2.37. The maximum absolute atomic E-state index is 11.7. The monoisotopic (exact) mass is 235 g/mol. The van der Waals surface area contributed by atoms with Crippen LogP contribution in [0.3, 0.4) is 0 Å². The van der Waals surface area contributed by atoms with Crippen molar-refractivity contribution in [3.05, 3.63) is 0 Å². The van der Waals surface area contributed by atoms with E-state index in [-0.39, 0.29) is 0 Å². The van der Waals surface area contributed by atoms with E-state index in [4.69, 9.17) is 0 Å². The molecule has 0 bridgehead atoms. The summed E-state index contributed by atoms with van der Waals surface area (Å²) < 4.78 is 27.4. The van der Waals surface area contributed by atoms with E-state index in [0.29, 0.717) is 32.2 Å². The van der Waals surface area contributed by atoms with E-state index in [9.17, 15) is 8.42 Å². The van der Waals surface area contributed by atoms with Gasteiger partial charge in [-0.3, -0.25) is 0 Å². The van der Waals surface area contributed by atoms with Crippen molar-refractivity contribution >= 4 is 10.2 Å². The maximum Gasteiger partial charge on any atom is 0.279 e. The van der Waals surface area contributed by atoms with Gasteiger partial charge >= 0.3 is 0 Å². The molecule has 15 heavy (non-hydrogen) atoms. The topological polar surface area (TPSA) is 61.4 Å². The molecule has 1 fully saturated rings. The minimum atomic E-state index is -3.21. The Balaban J connectivity index is 2.24. The molecule has 0 aromatic rings. The molecule has 2 N–H and O–H groups in total. The third-order valence-corrected chi connectivity index (χ3v) is 3.98. The fourth-order valence-electron chi connectivity index (χ4n) is 1.56. The molecule has 0 spiro atoms. The van der Waals surface area contributed by atoms with Crippen molar-refractivity contribution in [2.45, 2.75) is 32.7 Å². The number of hydrogen-bond donors (Lipinski definition) is 2.